The molecule has 0 heterocycles. The summed E-state index contributed by atoms with van der Waals surface area (Å²) in [5.41, 5.74) is -0.570. The van der Waals surface area contributed by atoms with Crippen LogP contribution in [0.3, 0.4) is 0 Å². The molecule has 1 unspecified atom stereocenters. The zero-order valence-corrected chi connectivity index (χ0v) is 10.6. The van der Waals surface area contributed by atoms with Gasteiger partial charge in [-0.1, -0.05) is 6.92 Å². The fourth-order valence-electron chi connectivity index (χ4n) is 1.98. The van der Waals surface area contributed by atoms with Crippen LogP contribution >= 0.6 is 0 Å². The Kier molecular flexibility index (Phi) is 3.78. The largest absolute Gasteiger partial charge is 0.352 e. The molecule has 1 aromatic rings. The van der Waals surface area contributed by atoms with Gasteiger partial charge in [-0.25, -0.2) is 4.39 Å². The topological polar surface area (TPSA) is 72.2 Å². The van der Waals surface area contributed by atoms with E-state index in [2.05, 4.69) is 5.32 Å². The van der Waals surface area contributed by atoms with Crippen LogP contribution in [0.25, 0.3) is 0 Å². The maximum absolute atomic E-state index is 13.5. The van der Waals surface area contributed by atoms with Crippen LogP contribution in [0.15, 0.2) is 18.2 Å². The Morgan fingerprint density at radius 3 is 2.84 bits per heavy atom. The van der Waals surface area contributed by atoms with Crippen molar-refractivity contribution in [1.29, 1.82) is 0 Å². The molecule has 0 spiro atoms. The van der Waals surface area contributed by atoms with Crippen LogP contribution in [0.4, 0.5) is 10.1 Å². The van der Waals surface area contributed by atoms with Crippen LogP contribution in [-0.2, 0) is 0 Å². The summed E-state index contributed by atoms with van der Waals surface area (Å²) in [6.07, 6.45) is 2.34. The lowest BCUT2D eigenvalue weighted by Crippen LogP contribution is -2.29. The average molecular weight is 266 g/mol. The standard InChI is InChI=1S/C13H15FN2O3/c1-8(9-2-3-9)7-15-13(17)11-6-10(16(18)19)4-5-12(11)14/h4-6,8-9H,2-3,7H2,1H3,(H,15,17). The molecule has 1 N–H and O–H groups in total. The number of hydrogen-bond acceptors (Lipinski definition) is 3. The zero-order valence-electron chi connectivity index (χ0n) is 10.6. The van der Waals surface area contributed by atoms with Gasteiger partial charge in [0.15, 0.2) is 0 Å². The Labute approximate surface area is 110 Å². The molecule has 1 saturated carbocycles. The van der Waals surface area contributed by atoms with Crippen LogP contribution < -0.4 is 5.32 Å². The normalized spacial score (nSPS) is 15.9. The molecule has 1 amide bonds. The number of nitro groups is 1. The van der Waals surface area contributed by atoms with Crippen molar-refractivity contribution in [3.8, 4) is 0 Å². The van der Waals surface area contributed by atoms with E-state index in [9.17, 15) is 19.3 Å². The molecule has 5 nitrogen and oxygen atoms in total. The van der Waals surface area contributed by atoms with Gasteiger partial charge in [-0.2, -0.15) is 0 Å². The van der Waals surface area contributed by atoms with E-state index in [1.807, 2.05) is 6.92 Å². The lowest BCUT2D eigenvalue weighted by atomic mass is 10.1. The van der Waals surface area contributed by atoms with Crippen molar-refractivity contribution in [1.82, 2.24) is 5.32 Å². The number of amides is 1. The third kappa shape index (κ3) is 3.27. The molecule has 0 aromatic heterocycles. The third-order valence-electron chi connectivity index (χ3n) is 3.42. The lowest BCUT2D eigenvalue weighted by molar-refractivity contribution is -0.384. The number of nitro benzene ring substituents is 1. The highest BCUT2D eigenvalue weighted by Crippen LogP contribution is 2.36. The summed E-state index contributed by atoms with van der Waals surface area (Å²) in [5, 5.41) is 13.2. The first kappa shape index (κ1) is 13.5. The van der Waals surface area contributed by atoms with Crippen molar-refractivity contribution >= 4 is 11.6 Å². The summed E-state index contributed by atoms with van der Waals surface area (Å²) in [4.78, 5) is 21.8. The van der Waals surface area contributed by atoms with Crippen molar-refractivity contribution in [2.45, 2.75) is 19.8 Å². The summed E-state index contributed by atoms with van der Waals surface area (Å²) in [7, 11) is 0. The van der Waals surface area contributed by atoms with Crippen molar-refractivity contribution in [3.05, 3.63) is 39.7 Å². The fourth-order valence-corrected chi connectivity index (χ4v) is 1.98. The summed E-state index contributed by atoms with van der Waals surface area (Å²) < 4.78 is 13.5. The third-order valence-corrected chi connectivity index (χ3v) is 3.42. The van der Waals surface area contributed by atoms with Crippen LogP contribution in [0.1, 0.15) is 30.1 Å². The van der Waals surface area contributed by atoms with Crippen LogP contribution in [0.5, 0.6) is 0 Å². The fraction of sp³-hybridized carbons (Fsp3) is 0.462. The molecule has 1 aliphatic carbocycles. The molecular formula is C13H15FN2O3. The van der Waals surface area contributed by atoms with Gasteiger partial charge in [0, 0.05) is 18.7 Å². The highest BCUT2D eigenvalue weighted by molar-refractivity contribution is 5.95. The van der Waals surface area contributed by atoms with Gasteiger partial charge in [-0.05, 0) is 30.7 Å². The molecule has 1 aliphatic rings. The molecule has 1 aromatic carbocycles. The number of rotatable bonds is 5. The maximum Gasteiger partial charge on any atom is 0.270 e. The molecule has 0 bridgehead atoms. The SMILES string of the molecule is CC(CNC(=O)c1cc([N+](=O)[O-])ccc1F)C1CC1. The second-order valence-corrected chi connectivity index (χ2v) is 4.95. The van der Waals surface area contributed by atoms with Crippen molar-refractivity contribution in [3.63, 3.8) is 0 Å². The summed E-state index contributed by atoms with van der Waals surface area (Å²) >= 11 is 0. The average Bonchev–Trinajstić information content (AvgIpc) is 3.20. The summed E-state index contributed by atoms with van der Waals surface area (Å²) in [6.45, 7) is 2.49. The number of hydrogen-bond donors (Lipinski definition) is 1. The Morgan fingerprint density at radius 1 is 1.58 bits per heavy atom. The summed E-state index contributed by atoms with van der Waals surface area (Å²) in [6, 6.07) is 2.95. The van der Waals surface area contributed by atoms with Gasteiger partial charge in [0.1, 0.15) is 5.82 Å². The second-order valence-electron chi connectivity index (χ2n) is 4.95. The first-order valence-corrected chi connectivity index (χ1v) is 6.21. The van der Waals surface area contributed by atoms with Gasteiger partial charge in [-0.15, -0.1) is 0 Å². The number of carbonyl (C=O) groups is 1. The first-order chi connectivity index (χ1) is 8.99. The van der Waals surface area contributed by atoms with E-state index in [1.54, 1.807) is 0 Å². The maximum atomic E-state index is 13.5. The Balaban J connectivity index is 2.04. The molecule has 0 aliphatic heterocycles. The van der Waals surface area contributed by atoms with Crippen molar-refractivity contribution in [2.24, 2.45) is 11.8 Å². The highest BCUT2D eigenvalue weighted by atomic mass is 19.1. The first-order valence-electron chi connectivity index (χ1n) is 6.21. The minimum atomic E-state index is -0.748. The molecule has 0 saturated heterocycles. The smallest absolute Gasteiger partial charge is 0.270 e. The lowest BCUT2D eigenvalue weighted by Gasteiger charge is -2.11. The molecule has 1 atom stereocenters. The predicted molar refractivity (Wildman–Crippen MR) is 67.3 cm³/mol. The Hall–Kier alpha value is -1.98. The van der Waals surface area contributed by atoms with E-state index in [0.717, 1.165) is 18.2 Å². The molecular weight excluding hydrogens is 251 g/mol. The van der Waals surface area contributed by atoms with Gasteiger partial charge >= 0.3 is 0 Å². The van der Waals surface area contributed by atoms with Gasteiger partial charge in [0.25, 0.3) is 11.6 Å². The minimum absolute atomic E-state index is 0.280. The Bertz CT molecular complexity index is 515. The van der Waals surface area contributed by atoms with Gasteiger partial charge in [-0.3, -0.25) is 14.9 Å². The van der Waals surface area contributed by atoms with Crippen molar-refractivity contribution < 1.29 is 14.1 Å². The predicted octanol–water partition coefficient (Wildman–Crippen LogP) is 2.51. The van der Waals surface area contributed by atoms with E-state index >= 15 is 0 Å². The van der Waals surface area contributed by atoms with Gasteiger partial charge in [0.2, 0.25) is 0 Å². The minimum Gasteiger partial charge on any atom is -0.352 e. The van der Waals surface area contributed by atoms with E-state index in [4.69, 9.17) is 0 Å². The van der Waals surface area contributed by atoms with E-state index in [0.29, 0.717) is 18.4 Å². The molecule has 6 heteroatoms. The zero-order chi connectivity index (χ0) is 14.0. The second kappa shape index (κ2) is 5.34. The van der Waals surface area contributed by atoms with Gasteiger partial charge in [0.05, 0.1) is 10.5 Å². The number of nitrogens with one attached hydrogen (secondary N) is 1. The van der Waals surface area contributed by atoms with Crippen molar-refractivity contribution in [2.75, 3.05) is 6.54 Å². The number of nitrogens with zero attached hydrogens (tertiary/aromatic N) is 1. The molecule has 19 heavy (non-hydrogen) atoms. The number of halogens is 1. The monoisotopic (exact) mass is 266 g/mol. The molecule has 1 fully saturated rings. The molecule has 102 valence electrons. The Morgan fingerprint density at radius 2 is 2.26 bits per heavy atom. The van der Waals surface area contributed by atoms with Gasteiger partial charge < -0.3 is 5.32 Å². The van der Waals surface area contributed by atoms with Crippen LogP contribution in [0, 0.1) is 27.8 Å². The number of carbonyl (C=O) groups excluding carboxylic acids is 1. The van der Waals surface area contributed by atoms with Crippen LogP contribution in [0.2, 0.25) is 0 Å². The number of non-ortho nitro benzene ring substituents is 1. The van der Waals surface area contributed by atoms with E-state index < -0.39 is 16.6 Å². The van der Waals surface area contributed by atoms with E-state index in [1.165, 1.54) is 12.8 Å². The quantitative estimate of drug-likeness (QED) is 0.657. The highest BCUT2D eigenvalue weighted by Gasteiger charge is 2.28. The number of benzene rings is 1. The van der Waals surface area contributed by atoms with Crippen LogP contribution in [-0.4, -0.2) is 17.4 Å². The molecule has 2 rings (SSSR count). The molecule has 0 radical (unpaired) electrons. The summed E-state index contributed by atoms with van der Waals surface area (Å²) in [5.74, 6) is -0.364. The van der Waals surface area contributed by atoms with E-state index in [-0.39, 0.29) is 11.3 Å².